The molecule has 0 aromatic carbocycles. The molecule has 2 aliphatic rings. The molecule has 23 heavy (non-hydrogen) atoms. The summed E-state index contributed by atoms with van der Waals surface area (Å²) in [5.74, 6) is 2.74. The molecule has 0 amide bonds. The van der Waals surface area contributed by atoms with E-state index in [1.54, 1.807) is 0 Å². The molecule has 1 aromatic heterocycles. The van der Waals surface area contributed by atoms with E-state index < -0.39 is 0 Å². The summed E-state index contributed by atoms with van der Waals surface area (Å²) >= 11 is 0. The molecule has 2 saturated carbocycles. The first-order valence-electron chi connectivity index (χ1n) is 9.06. The monoisotopic (exact) mass is 317 g/mol. The van der Waals surface area contributed by atoms with Gasteiger partial charge in [-0.05, 0) is 32.1 Å². The van der Waals surface area contributed by atoms with Crippen molar-refractivity contribution in [1.82, 2.24) is 20.4 Å². The van der Waals surface area contributed by atoms with Crippen molar-refractivity contribution in [2.75, 3.05) is 7.05 Å². The minimum absolute atomic E-state index is 0.625. The summed E-state index contributed by atoms with van der Waals surface area (Å²) in [6.45, 7) is 4.97. The van der Waals surface area contributed by atoms with Gasteiger partial charge in [0.2, 0.25) is 0 Å². The minimum Gasteiger partial charge on any atom is -0.353 e. The van der Waals surface area contributed by atoms with Gasteiger partial charge in [0, 0.05) is 37.9 Å². The zero-order valence-corrected chi connectivity index (χ0v) is 15.0. The van der Waals surface area contributed by atoms with Crippen LogP contribution in [0.4, 0.5) is 0 Å². The normalized spacial score (nSPS) is 25.5. The zero-order chi connectivity index (χ0) is 16.4. The molecule has 1 aromatic rings. The molecule has 0 bridgehead atoms. The second-order valence-corrected chi connectivity index (χ2v) is 7.25. The highest BCUT2D eigenvalue weighted by Gasteiger charge is 2.43. The molecular weight excluding hydrogens is 286 g/mol. The van der Waals surface area contributed by atoms with Crippen LogP contribution in [0.1, 0.15) is 55.5 Å². The van der Waals surface area contributed by atoms with Gasteiger partial charge in [-0.15, -0.1) is 0 Å². The SMILES string of the molecule is CN=C(NCc1c(C)nn(C)c1C)NC1CC1C1CCCCC1. The molecule has 0 aliphatic heterocycles. The average molecular weight is 317 g/mol. The third-order valence-corrected chi connectivity index (χ3v) is 5.73. The Hall–Kier alpha value is -1.52. The molecule has 128 valence electrons. The van der Waals surface area contributed by atoms with Gasteiger partial charge in [-0.25, -0.2) is 0 Å². The summed E-state index contributed by atoms with van der Waals surface area (Å²) in [6, 6.07) is 0.625. The zero-order valence-electron chi connectivity index (χ0n) is 15.0. The molecular formula is C18H31N5. The maximum atomic E-state index is 4.48. The molecule has 0 spiro atoms. The Kier molecular flexibility index (Phi) is 4.93. The second-order valence-electron chi connectivity index (χ2n) is 7.25. The topological polar surface area (TPSA) is 54.2 Å². The van der Waals surface area contributed by atoms with Crippen LogP contribution in [0, 0.1) is 25.7 Å². The summed E-state index contributed by atoms with van der Waals surface area (Å²) in [5, 5.41) is 11.6. The van der Waals surface area contributed by atoms with Crippen LogP contribution in [-0.4, -0.2) is 28.8 Å². The smallest absolute Gasteiger partial charge is 0.191 e. The fourth-order valence-corrected chi connectivity index (χ4v) is 4.08. The highest BCUT2D eigenvalue weighted by Crippen LogP contribution is 2.44. The van der Waals surface area contributed by atoms with Crippen LogP contribution in [0.5, 0.6) is 0 Å². The quantitative estimate of drug-likeness (QED) is 0.663. The Morgan fingerprint density at radius 3 is 2.61 bits per heavy atom. The van der Waals surface area contributed by atoms with Gasteiger partial charge in [0.15, 0.2) is 5.96 Å². The lowest BCUT2D eigenvalue weighted by molar-refractivity contribution is 0.315. The second kappa shape index (κ2) is 6.93. The van der Waals surface area contributed by atoms with E-state index in [0.29, 0.717) is 6.04 Å². The fourth-order valence-electron chi connectivity index (χ4n) is 4.08. The van der Waals surface area contributed by atoms with Crippen molar-refractivity contribution in [3.63, 3.8) is 0 Å². The first kappa shape index (κ1) is 16.3. The Morgan fingerprint density at radius 2 is 2.00 bits per heavy atom. The summed E-state index contributed by atoms with van der Waals surface area (Å²) in [6.07, 6.45) is 8.48. The first-order valence-corrected chi connectivity index (χ1v) is 9.06. The van der Waals surface area contributed by atoms with Crippen LogP contribution in [0.25, 0.3) is 0 Å². The Bertz CT molecular complexity index is 568. The molecule has 1 heterocycles. The molecule has 2 unspecified atom stereocenters. The van der Waals surface area contributed by atoms with E-state index in [2.05, 4.69) is 34.6 Å². The number of aliphatic imine (C=N–C) groups is 1. The van der Waals surface area contributed by atoms with Crippen molar-refractivity contribution in [2.45, 2.75) is 65.0 Å². The minimum atomic E-state index is 0.625. The first-order chi connectivity index (χ1) is 11.1. The van der Waals surface area contributed by atoms with E-state index in [1.807, 2.05) is 18.8 Å². The van der Waals surface area contributed by atoms with E-state index >= 15 is 0 Å². The number of nitrogens with one attached hydrogen (secondary N) is 2. The highest BCUT2D eigenvalue weighted by molar-refractivity contribution is 5.80. The number of nitrogens with zero attached hydrogens (tertiary/aromatic N) is 3. The van der Waals surface area contributed by atoms with Crippen LogP contribution in [0.2, 0.25) is 0 Å². The molecule has 5 nitrogen and oxygen atoms in total. The predicted octanol–water partition coefficient (Wildman–Crippen LogP) is 2.67. The lowest BCUT2D eigenvalue weighted by atomic mass is 9.85. The Balaban J connectivity index is 1.49. The number of rotatable bonds is 4. The fraction of sp³-hybridized carbons (Fsp3) is 0.778. The van der Waals surface area contributed by atoms with Gasteiger partial charge in [-0.3, -0.25) is 9.67 Å². The van der Waals surface area contributed by atoms with E-state index in [-0.39, 0.29) is 0 Å². The van der Waals surface area contributed by atoms with Gasteiger partial charge in [0.05, 0.1) is 5.69 Å². The molecule has 2 fully saturated rings. The van der Waals surface area contributed by atoms with E-state index in [9.17, 15) is 0 Å². The maximum Gasteiger partial charge on any atom is 0.191 e. The molecule has 3 rings (SSSR count). The van der Waals surface area contributed by atoms with Gasteiger partial charge >= 0.3 is 0 Å². The summed E-state index contributed by atoms with van der Waals surface area (Å²) in [5.41, 5.74) is 3.59. The molecule has 2 N–H and O–H groups in total. The van der Waals surface area contributed by atoms with Gasteiger partial charge in [0.25, 0.3) is 0 Å². The Labute approximate surface area is 139 Å². The molecule has 2 aliphatic carbocycles. The van der Waals surface area contributed by atoms with Crippen molar-refractivity contribution in [3.8, 4) is 0 Å². The number of hydrogen-bond acceptors (Lipinski definition) is 2. The van der Waals surface area contributed by atoms with E-state index in [0.717, 1.165) is 30.0 Å². The highest BCUT2D eigenvalue weighted by atomic mass is 15.3. The summed E-state index contributed by atoms with van der Waals surface area (Å²) < 4.78 is 1.95. The number of aromatic nitrogens is 2. The maximum absolute atomic E-state index is 4.48. The van der Waals surface area contributed by atoms with Gasteiger partial charge in [-0.2, -0.15) is 5.10 Å². The number of guanidine groups is 1. The largest absolute Gasteiger partial charge is 0.353 e. The van der Waals surface area contributed by atoms with Crippen molar-refractivity contribution in [3.05, 3.63) is 17.0 Å². The number of aryl methyl sites for hydroxylation is 2. The van der Waals surface area contributed by atoms with Crippen molar-refractivity contribution in [1.29, 1.82) is 0 Å². The molecule has 0 radical (unpaired) electrons. The third-order valence-electron chi connectivity index (χ3n) is 5.73. The predicted molar refractivity (Wildman–Crippen MR) is 94.5 cm³/mol. The lowest BCUT2D eigenvalue weighted by Crippen LogP contribution is -2.39. The third kappa shape index (κ3) is 3.70. The molecule has 2 atom stereocenters. The van der Waals surface area contributed by atoms with E-state index in [1.165, 1.54) is 49.8 Å². The van der Waals surface area contributed by atoms with Crippen LogP contribution in [0.3, 0.4) is 0 Å². The standard InChI is InChI=1S/C18H31N5/c1-12-16(13(2)23(4)22-12)11-20-18(19-3)21-17-10-15(17)14-8-6-5-7-9-14/h14-15,17H,5-11H2,1-4H3,(H2,19,20,21). The van der Waals surface area contributed by atoms with E-state index in [4.69, 9.17) is 0 Å². The summed E-state index contributed by atoms with van der Waals surface area (Å²) in [4.78, 5) is 4.40. The molecule has 0 saturated heterocycles. The van der Waals surface area contributed by atoms with Crippen LogP contribution in [0.15, 0.2) is 4.99 Å². The lowest BCUT2D eigenvalue weighted by Gasteiger charge is -2.22. The molecule has 5 heteroatoms. The van der Waals surface area contributed by atoms with Crippen LogP contribution in [-0.2, 0) is 13.6 Å². The van der Waals surface area contributed by atoms with Crippen LogP contribution >= 0.6 is 0 Å². The summed E-state index contributed by atoms with van der Waals surface area (Å²) in [7, 11) is 3.86. The van der Waals surface area contributed by atoms with Gasteiger partial charge in [-0.1, -0.05) is 32.1 Å². The van der Waals surface area contributed by atoms with Gasteiger partial charge in [0.1, 0.15) is 0 Å². The van der Waals surface area contributed by atoms with Crippen molar-refractivity contribution < 1.29 is 0 Å². The van der Waals surface area contributed by atoms with Crippen LogP contribution < -0.4 is 10.6 Å². The van der Waals surface area contributed by atoms with Gasteiger partial charge < -0.3 is 10.6 Å². The van der Waals surface area contributed by atoms with Crippen molar-refractivity contribution >= 4 is 5.96 Å². The average Bonchev–Trinajstić information content (AvgIpc) is 3.28. The van der Waals surface area contributed by atoms with Crippen molar-refractivity contribution in [2.24, 2.45) is 23.9 Å². The Morgan fingerprint density at radius 1 is 1.26 bits per heavy atom. The number of hydrogen-bond donors (Lipinski definition) is 2.